The highest BCUT2D eigenvalue weighted by molar-refractivity contribution is 5.92. The Bertz CT molecular complexity index is 436. The normalized spacial score (nSPS) is 20.3. The molecule has 4 nitrogen and oxygen atoms in total. The van der Waals surface area contributed by atoms with Gasteiger partial charge in [0.25, 0.3) is 5.91 Å². The van der Waals surface area contributed by atoms with Gasteiger partial charge in [-0.25, -0.2) is 9.37 Å². The number of hydrogen-bond acceptors (Lipinski definition) is 3. The Balaban J connectivity index is 1.95. The summed E-state index contributed by atoms with van der Waals surface area (Å²) >= 11 is 0. The third kappa shape index (κ3) is 2.85. The number of aromatic nitrogens is 1. The number of halogens is 1. The number of likely N-dealkylation sites (tertiary alicyclic amines) is 1. The van der Waals surface area contributed by atoms with Crippen LogP contribution in [0.2, 0.25) is 0 Å². The maximum Gasteiger partial charge on any atom is 0.273 e. The van der Waals surface area contributed by atoms with Gasteiger partial charge in [-0.15, -0.1) is 0 Å². The fraction of sp³-hybridized carbons (Fsp3) is 0.538. The molecule has 1 aromatic heterocycles. The summed E-state index contributed by atoms with van der Waals surface area (Å²) in [4.78, 5) is 17.9. The standard InChI is InChI=1S/C13H18FN3O/c1-9(2)17-7-5-10(8-17)16-13(18)12-11(14)4-3-6-15-12/h3-4,6,9-10H,5,7-8H2,1-2H3,(H,16,18). The highest BCUT2D eigenvalue weighted by Crippen LogP contribution is 2.13. The second kappa shape index (κ2) is 5.44. The molecule has 0 radical (unpaired) electrons. The van der Waals surface area contributed by atoms with Gasteiger partial charge < -0.3 is 5.32 Å². The van der Waals surface area contributed by atoms with Gasteiger partial charge in [0.2, 0.25) is 0 Å². The van der Waals surface area contributed by atoms with Gasteiger partial charge in [0.05, 0.1) is 0 Å². The van der Waals surface area contributed by atoms with Gasteiger partial charge in [-0.1, -0.05) is 0 Å². The summed E-state index contributed by atoms with van der Waals surface area (Å²) in [7, 11) is 0. The molecule has 2 heterocycles. The van der Waals surface area contributed by atoms with Gasteiger partial charge in [-0.05, 0) is 32.4 Å². The van der Waals surface area contributed by atoms with Crippen molar-refractivity contribution in [2.45, 2.75) is 32.4 Å². The van der Waals surface area contributed by atoms with Crippen LogP contribution in [-0.2, 0) is 0 Å². The van der Waals surface area contributed by atoms with Crippen LogP contribution in [0.3, 0.4) is 0 Å². The molecule has 0 aromatic carbocycles. The van der Waals surface area contributed by atoms with Crippen molar-refractivity contribution in [2.24, 2.45) is 0 Å². The largest absolute Gasteiger partial charge is 0.347 e. The van der Waals surface area contributed by atoms with E-state index in [1.807, 2.05) is 0 Å². The lowest BCUT2D eigenvalue weighted by molar-refractivity contribution is 0.0927. The molecule has 0 aliphatic carbocycles. The Kier molecular flexibility index (Phi) is 3.91. The van der Waals surface area contributed by atoms with Gasteiger partial charge in [-0.2, -0.15) is 0 Å². The summed E-state index contributed by atoms with van der Waals surface area (Å²) in [5.74, 6) is -1.00. The van der Waals surface area contributed by atoms with Crippen molar-refractivity contribution in [1.29, 1.82) is 0 Å². The number of carbonyl (C=O) groups is 1. The van der Waals surface area contributed by atoms with Crippen molar-refractivity contribution in [2.75, 3.05) is 13.1 Å². The zero-order chi connectivity index (χ0) is 13.1. The topological polar surface area (TPSA) is 45.2 Å². The number of hydrogen-bond donors (Lipinski definition) is 1. The SMILES string of the molecule is CC(C)N1CCC(NC(=O)c2ncccc2F)C1. The van der Waals surface area contributed by atoms with Crippen LogP contribution in [0.4, 0.5) is 4.39 Å². The van der Waals surface area contributed by atoms with Crippen LogP contribution in [0.25, 0.3) is 0 Å². The predicted octanol–water partition coefficient (Wildman–Crippen LogP) is 1.43. The summed E-state index contributed by atoms with van der Waals surface area (Å²) in [6.45, 7) is 6.04. The fourth-order valence-electron chi connectivity index (χ4n) is 2.18. The lowest BCUT2D eigenvalue weighted by Gasteiger charge is -2.20. The first-order valence-corrected chi connectivity index (χ1v) is 6.23. The molecule has 1 atom stereocenters. The summed E-state index contributed by atoms with van der Waals surface area (Å²) < 4.78 is 13.4. The van der Waals surface area contributed by atoms with E-state index >= 15 is 0 Å². The second-order valence-corrected chi connectivity index (χ2v) is 4.88. The molecular formula is C13H18FN3O. The summed E-state index contributed by atoms with van der Waals surface area (Å²) in [5, 5.41) is 2.84. The van der Waals surface area contributed by atoms with Gasteiger partial charge >= 0.3 is 0 Å². The zero-order valence-corrected chi connectivity index (χ0v) is 10.7. The zero-order valence-electron chi connectivity index (χ0n) is 10.7. The molecule has 1 fully saturated rings. The molecule has 5 heteroatoms. The summed E-state index contributed by atoms with van der Waals surface area (Å²) in [6.07, 6.45) is 2.32. The maximum atomic E-state index is 13.4. The Morgan fingerprint density at radius 2 is 2.39 bits per heavy atom. The molecule has 1 saturated heterocycles. The summed E-state index contributed by atoms with van der Waals surface area (Å²) in [6, 6.07) is 3.28. The Hall–Kier alpha value is -1.49. The third-order valence-corrected chi connectivity index (χ3v) is 3.26. The molecule has 0 spiro atoms. The van der Waals surface area contributed by atoms with Crippen molar-refractivity contribution < 1.29 is 9.18 Å². The highest BCUT2D eigenvalue weighted by Gasteiger charge is 2.26. The Morgan fingerprint density at radius 3 is 3.00 bits per heavy atom. The van der Waals surface area contributed by atoms with Crippen molar-refractivity contribution in [1.82, 2.24) is 15.2 Å². The predicted molar refractivity (Wildman–Crippen MR) is 66.8 cm³/mol. The van der Waals surface area contributed by atoms with E-state index in [4.69, 9.17) is 0 Å². The number of amides is 1. The van der Waals surface area contributed by atoms with Crippen LogP contribution in [0.1, 0.15) is 30.8 Å². The van der Waals surface area contributed by atoms with Crippen molar-refractivity contribution >= 4 is 5.91 Å². The van der Waals surface area contributed by atoms with E-state index in [2.05, 4.69) is 29.0 Å². The first-order valence-electron chi connectivity index (χ1n) is 6.23. The maximum absolute atomic E-state index is 13.4. The molecule has 1 aromatic rings. The van der Waals surface area contributed by atoms with Crippen molar-refractivity contribution in [3.05, 3.63) is 29.8 Å². The first kappa shape index (κ1) is 13.0. The molecule has 1 amide bonds. The van der Waals surface area contributed by atoms with E-state index in [0.29, 0.717) is 6.04 Å². The molecule has 1 aliphatic rings. The number of rotatable bonds is 3. The van der Waals surface area contributed by atoms with E-state index in [0.717, 1.165) is 19.5 Å². The van der Waals surface area contributed by atoms with Gasteiger partial charge in [0.1, 0.15) is 0 Å². The van der Waals surface area contributed by atoms with E-state index in [9.17, 15) is 9.18 Å². The number of pyridine rings is 1. The molecule has 1 aliphatic heterocycles. The van der Waals surface area contributed by atoms with Crippen LogP contribution in [0, 0.1) is 5.82 Å². The quantitative estimate of drug-likeness (QED) is 0.884. The van der Waals surface area contributed by atoms with Crippen LogP contribution < -0.4 is 5.32 Å². The van der Waals surface area contributed by atoms with Crippen molar-refractivity contribution in [3.8, 4) is 0 Å². The first-order chi connectivity index (χ1) is 8.58. The van der Waals surface area contributed by atoms with E-state index in [-0.39, 0.29) is 11.7 Å². The Morgan fingerprint density at radius 1 is 1.61 bits per heavy atom. The monoisotopic (exact) mass is 251 g/mol. The molecule has 2 rings (SSSR count). The lowest BCUT2D eigenvalue weighted by Crippen LogP contribution is -2.39. The lowest BCUT2D eigenvalue weighted by atomic mass is 10.2. The molecule has 0 bridgehead atoms. The van der Waals surface area contributed by atoms with Crippen LogP contribution in [0.5, 0.6) is 0 Å². The van der Waals surface area contributed by atoms with Crippen molar-refractivity contribution in [3.63, 3.8) is 0 Å². The number of carbonyl (C=O) groups excluding carboxylic acids is 1. The van der Waals surface area contributed by atoms with E-state index in [1.54, 1.807) is 0 Å². The van der Waals surface area contributed by atoms with Gasteiger partial charge in [0, 0.05) is 31.4 Å². The minimum absolute atomic E-state index is 0.0845. The van der Waals surface area contributed by atoms with E-state index < -0.39 is 11.7 Å². The molecule has 1 N–H and O–H groups in total. The van der Waals surface area contributed by atoms with Gasteiger partial charge in [-0.3, -0.25) is 9.69 Å². The number of nitrogens with zero attached hydrogens (tertiary/aromatic N) is 2. The third-order valence-electron chi connectivity index (χ3n) is 3.26. The highest BCUT2D eigenvalue weighted by atomic mass is 19.1. The molecular weight excluding hydrogens is 233 g/mol. The molecule has 1 unspecified atom stereocenters. The molecule has 18 heavy (non-hydrogen) atoms. The smallest absolute Gasteiger partial charge is 0.273 e. The average molecular weight is 251 g/mol. The number of nitrogens with one attached hydrogen (secondary N) is 1. The Labute approximate surface area is 106 Å². The molecule has 0 saturated carbocycles. The van der Waals surface area contributed by atoms with Crippen LogP contribution in [0.15, 0.2) is 18.3 Å². The van der Waals surface area contributed by atoms with E-state index in [1.165, 1.54) is 18.3 Å². The fourth-order valence-corrected chi connectivity index (χ4v) is 2.18. The second-order valence-electron chi connectivity index (χ2n) is 4.88. The average Bonchev–Trinajstić information content (AvgIpc) is 2.78. The molecule has 98 valence electrons. The summed E-state index contributed by atoms with van der Waals surface area (Å²) in [5.41, 5.74) is -0.125. The minimum atomic E-state index is -0.575. The van der Waals surface area contributed by atoms with Crippen LogP contribution in [-0.4, -0.2) is 41.0 Å². The minimum Gasteiger partial charge on any atom is -0.347 e. The van der Waals surface area contributed by atoms with Crippen LogP contribution >= 0.6 is 0 Å². The van der Waals surface area contributed by atoms with Gasteiger partial charge in [0.15, 0.2) is 11.5 Å².